The highest BCUT2D eigenvalue weighted by Gasteiger charge is 2.25. The van der Waals surface area contributed by atoms with Crippen molar-refractivity contribution in [3.05, 3.63) is 29.8 Å². The maximum Gasteiger partial charge on any atom is 0.124 e. The van der Waals surface area contributed by atoms with Crippen LogP contribution in [0.15, 0.2) is 24.3 Å². The molecule has 3 unspecified atom stereocenters. The first-order valence-electron chi connectivity index (χ1n) is 7.34. The van der Waals surface area contributed by atoms with Gasteiger partial charge in [0.2, 0.25) is 0 Å². The second-order valence-electron chi connectivity index (χ2n) is 5.30. The zero-order chi connectivity index (χ0) is 14.4. The van der Waals surface area contributed by atoms with Crippen molar-refractivity contribution in [1.82, 2.24) is 0 Å². The number of benzene rings is 1. The molecule has 0 aromatic heterocycles. The highest BCUT2D eigenvalue weighted by molar-refractivity contribution is 5.35. The molecule has 1 heterocycles. The van der Waals surface area contributed by atoms with Crippen LogP contribution in [0.1, 0.15) is 31.4 Å². The average molecular weight is 279 g/mol. The zero-order valence-electron chi connectivity index (χ0n) is 12.4. The van der Waals surface area contributed by atoms with Crippen molar-refractivity contribution in [1.29, 1.82) is 0 Å². The van der Waals surface area contributed by atoms with Crippen LogP contribution in [0.5, 0.6) is 5.75 Å². The Morgan fingerprint density at radius 3 is 2.85 bits per heavy atom. The standard InChI is InChI=1S/C16H25NO3/c1-3-14(17)16(20-11-12-8-9-19-10-12)13-6-4-5-7-15(13)18-2/h4-7,12,14,16H,3,8-11,17H2,1-2H3. The lowest BCUT2D eigenvalue weighted by Gasteiger charge is -2.26. The second-order valence-corrected chi connectivity index (χ2v) is 5.30. The van der Waals surface area contributed by atoms with Crippen LogP contribution in [0.2, 0.25) is 0 Å². The van der Waals surface area contributed by atoms with Gasteiger partial charge < -0.3 is 19.9 Å². The van der Waals surface area contributed by atoms with Crippen molar-refractivity contribution in [3.63, 3.8) is 0 Å². The van der Waals surface area contributed by atoms with Gasteiger partial charge in [-0.05, 0) is 18.9 Å². The summed E-state index contributed by atoms with van der Waals surface area (Å²) in [6.45, 7) is 4.40. The molecule has 4 heteroatoms. The van der Waals surface area contributed by atoms with E-state index in [0.717, 1.165) is 37.4 Å². The van der Waals surface area contributed by atoms with Crippen LogP contribution in [-0.2, 0) is 9.47 Å². The number of nitrogens with two attached hydrogens (primary N) is 1. The monoisotopic (exact) mass is 279 g/mol. The van der Waals surface area contributed by atoms with Crippen LogP contribution >= 0.6 is 0 Å². The maximum atomic E-state index is 6.25. The first-order chi connectivity index (χ1) is 9.76. The summed E-state index contributed by atoms with van der Waals surface area (Å²) in [6.07, 6.45) is 1.81. The van der Waals surface area contributed by atoms with Gasteiger partial charge >= 0.3 is 0 Å². The molecule has 1 aromatic carbocycles. The molecule has 2 rings (SSSR count). The minimum absolute atomic E-state index is 0.0337. The molecule has 0 aliphatic carbocycles. The van der Waals surface area contributed by atoms with Crippen LogP contribution in [0.4, 0.5) is 0 Å². The highest BCUT2D eigenvalue weighted by Crippen LogP contribution is 2.31. The van der Waals surface area contributed by atoms with E-state index in [1.165, 1.54) is 0 Å². The smallest absolute Gasteiger partial charge is 0.124 e. The van der Waals surface area contributed by atoms with Crippen LogP contribution in [0.3, 0.4) is 0 Å². The molecule has 1 saturated heterocycles. The zero-order valence-corrected chi connectivity index (χ0v) is 12.4. The van der Waals surface area contributed by atoms with Crippen LogP contribution in [-0.4, -0.2) is 33.0 Å². The normalized spacial score (nSPS) is 21.6. The molecule has 0 radical (unpaired) electrons. The molecule has 0 amide bonds. The van der Waals surface area contributed by atoms with Gasteiger partial charge in [0.1, 0.15) is 11.9 Å². The summed E-state index contributed by atoms with van der Waals surface area (Å²) in [6, 6.07) is 7.90. The van der Waals surface area contributed by atoms with E-state index in [4.69, 9.17) is 19.9 Å². The Labute approximate surface area is 121 Å². The van der Waals surface area contributed by atoms with Gasteiger partial charge in [0.05, 0.1) is 20.3 Å². The summed E-state index contributed by atoms with van der Waals surface area (Å²) >= 11 is 0. The number of hydrogen-bond donors (Lipinski definition) is 1. The summed E-state index contributed by atoms with van der Waals surface area (Å²) < 4.78 is 16.9. The van der Waals surface area contributed by atoms with Crippen LogP contribution in [0, 0.1) is 5.92 Å². The summed E-state index contributed by atoms with van der Waals surface area (Å²) in [5.41, 5.74) is 7.28. The third kappa shape index (κ3) is 3.72. The van der Waals surface area contributed by atoms with Gasteiger partial charge in [-0.3, -0.25) is 0 Å². The van der Waals surface area contributed by atoms with Gasteiger partial charge in [-0.25, -0.2) is 0 Å². The van der Waals surface area contributed by atoms with Gasteiger partial charge in [-0.2, -0.15) is 0 Å². The Morgan fingerprint density at radius 1 is 1.40 bits per heavy atom. The summed E-state index contributed by atoms with van der Waals surface area (Å²) in [4.78, 5) is 0. The lowest BCUT2D eigenvalue weighted by Crippen LogP contribution is -2.31. The van der Waals surface area contributed by atoms with E-state index in [-0.39, 0.29) is 12.1 Å². The fourth-order valence-corrected chi connectivity index (χ4v) is 2.51. The molecular weight excluding hydrogens is 254 g/mol. The quantitative estimate of drug-likeness (QED) is 0.833. The minimum Gasteiger partial charge on any atom is -0.496 e. The third-order valence-corrected chi connectivity index (χ3v) is 3.84. The summed E-state index contributed by atoms with van der Waals surface area (Å²) in [5.74, 6) is 1.32. The van der Waals surface area contributed by atoms with E-state index in [0.29, 0.717) is 12.5 Å². The summed E-state index contributed by atoms with van der Waals surface area (Å²) in [7, 11) is 1.68. The number of methoxy groups -OCH3 is 1. The molecule has 1 aliphatic rings. The molecule has 0 spiro atoms. The predicted molar refractivity (Wildman–Crippen MR) is 78.9 cm³/mol. The number of para-hydroxylation sites is 1. The van der Waals surface area contributed by atoms with Gasteiger partial charge in [0.25, 0.3) is 0 Å². The molecule has 1 fully saturated rings. The summed E-state index contributed by atoms with van der Waals surface area (Å²) in [5, 5.41) is 0. The van der Waals surface area contributed by atoms with E-state index in [1.807, 2.05) is 24.3 Å². The number of ether oxygens (including phenoxy) is 3. The first-order valence-corrected chi connectivity index (χ1v) is 7.34. The molecule has 1 aromatic rings. The molecule has 4 nitrogen and oxygen atoms in total. The number of hydrogen-bond acceptors (Lipinski definition) is 4. The minimum atomic E-state index is -0.128. The first kappa shape index (κ1) is 15.3. The fraction of sp³-hybridized carbons (Fsp3) is 0.625. The van der Waals surface area contributed by atoms with E-state index in [9.17, 15) is 0 Å². The van der Waals surface area contributed by atoms with Crippen LogP contribution < -0.4 is 10.5 Å². The van der Waals surface area contributed by atoms with Gasteiger partial charge in [0.15, 0.2) is 0 Å². The molecule has 112 valence electrons. The van der Waals surface area contributed by atoms with E-state index >= 15 is 0 Å². The average Bonchev–Trinajstić information content (AvgIpc) is 3.01. The van der Waals surface area contributed by atoms with E-state index in [1.54, 1.807) is 7.11 Å². The lowest BCUT2D eigenvalue weighted by molar-refractivity contribution is 0.00826. The molecular formula is C16H25NO3. The molecule has 1 aliphatic heterocycles. The van der Waals surface area contributed by atoms with Crippen molar-refractivity contribution in [3.8, 4) is 5.75 Å². The maximum absolute atomic E-state index is 6.25. The highest BCUT2D eigenvalue weighted by atomic mass is 16.5. The molecule has 3 atom stereocenters. The molecule has 0 bridgehead atoms. The Morgan fingerprint density at radius 2 is 2.20 bits per heavy atom. The lowest BCUT2D eigenvalue weighted by atomic mass is 9.99. The Hall–Kier alpha value is -1.10. The SMILES string of the molecule is CCC(N)C(OCC1CCOC1)c1ccccc1OC. The van der Waals surface area contributed by atoms with Crippen molar-refractivity contribution >= 4 is 0 Å². The Kier molecular flexibility index (Phi) is 5.83. The van der Waals surface area contributed by atoms with E-state index in [2.05, 4.69) is 6.92 Å². The number of rotatable bonds is 7. The molecule has 20 heavy (non-hydrogen) atoms. The van der Waals surface area contributed by atoms with Crippen molar-refractivity contribution in [2.45, 2.75) is 31.9 Å². The van der Waals surface area contributed by atoms with Gasteiger partial charge in [0, 0.05) is 24.1 Å². The van der Waals surface area contributed by atoms with Gasteiger partial charge in [-0.1, -0.05) is 25.1 Å². The molecule has 0 saturated carbocycles. The predicted octanol–water partition coefficient (Wildman–Crippen LogP) is 2.53. The fourth-order valence-electron chi connectivity index (χ4n) is 2.51. The van der Waals surface area contributed by atoms with E-state index < -0.39 is 0 Å². The second kappa shape index (κ2) is 7.62. The Bertz CT molecular complexity index is 404. The van der Waals surface area contributed by atoms with Gasteiger partial charge in [-0.15, -0.1) is 0 Å². The topological polar surface area (TPSA) is 53.7 Å². The van der Waals surface area contributed by atoms with Crippen molar-refractivity contribution < 1.29 is 14.2 Å². The molecule has 2 N–H and O–H groups in total. The van der Waals surface area contributed by atoms with Crippen LogP contribution in [0.25, 0.3) is 0 Å². The van der Waals surface area contributed by atoms with Crippen molar-refractivity contribution in [2.75, 3.05) is 26.9 Å². The van der Waals surface area contributed by atoms with Crippen molar-refractivity contribution in [2.24, 2.45) is 11.7 Å². The Balaban J connectivity index is 2.09. The third-order valence-electron chi connectivity index (χ3n) is 3.84. The largest absolute Gasteiger partial charge is 0.496 e.